The summed E-state index contributed by atoms with van der Waals surface area (Å²) in [5, 5.41) is 5.55. The Kier molecular flexibility index (Phi) is 6.54. The minimum absolute atomic E-state index is 0.104. The largest absolute Gasteiger partial charge is 0.489 e. The Morgan fingerprint density at radius 3 is 3.00 bits per heavy atom. The van der Waals surface area contributed by atoms with Crippen LogP contribution in [0.2, 0.25) is 0 Å². The van der Waals surface area contributed by atoms with Gasteiger partial charge >= 0.3 is 5.97 Å². The molecule has 17 heavy (non-hydrogen) atoms. The Morgan fingerprint density at radius 2 is 2.41 bits per heavy atom. The molecule has 0 radical (unpaired) electrons. The maximum Gasteiger partial charge on any atom is 0.364 e. The van der Waals surface area contributed by atoms with Gasteiger partial charge in [-0.1, -0.05) is 12.1 Å². The normalized spacial score (nSPS) is 15.9. The highest BCUT2D eigenvalue weighted by Crippen LogP contribution is 2.17. The van der Waals surface area contributed by atoms with E-state index < -0.39 is 5.97 Å². The Morgan fingerprint density at radius 1 is 1.59 bits per heavy atom. The number of carbonyl (C=O) groups excluding carboxylic acids is 1. The van der Waals surface area contributed by atoms with E-state index in [9.17, 15) is 4.79 Å². The fourth-order valence-electron chi connectivity index (χ4n) is 1.08. The maximum absolute atomic E-state index is 11.7. The number of ether oxygens (including phenoxy) is 2. The lowest BCUT2D eigenvalue weighted by Gasteiger charge is -2.14. The number of rotatable bonds is 6. The second-order valence-corrected chi connectivity index (χ2v) is 4.17. The molecule has 5 nitrogen and oxygen atoms in total. The molecule has 0 fully saturated rings. The molecule has 0 aromatic rings. The molecule has 0 N–H and O–H groups in total. The van der Waals surface area contributed by atoms with Crippen LogP contribution in [0.3, 0.4) is 0 Å². The van der Waals surface area contributed by atoms with Crippen LogP contribution in [0, 0.1) is 0 Å². The van der Waals surface area contributed by atoms with E-state index in [2.05, 4.69) is 5.16 Å². The van der Waals surface area contributed by atoms with Crippen LogP contribution in [0.25, 0.3) is 0 Å². The summed E-state index contributed by atoms with van der Waals surface area (Å²) >= 11 is 1.57. The number of esters is 1. The predicted molar refractivity (Wildman–Crippen MR) is 66.8 cm³/mol. The number of thioether (sulfide) groups is 1. The monoisotopic (exact) mass is 259 g/mol. The van der Waals surface area contributed by atoms with Crippen LogP contribution in [0.1, 0.15) is 20.3 Å². The molecule has 6 heteroatoms. The summed E-state index contributed by atoms with van der Waals surface area (Å²) in [4.78, 5) is 16.7. The van der Waals surface area contributed by atoms with Gasteiger partial charge in [-0.2, -0.15) is 0 Å². The van der Waals surface area contributed by atoms with Gasteiger partial charge in [0, 0.05) is 11.2 Å². The molecular formula is C11H17NO4S. The highest BCUT2D eigenvalue weighted by molar-refractivity contribution is 8.02. The number of hydrogen-bond acceptors (Lipinski definition) is 6. The van der Waals surface area contributed by atoms with E-state index in [0.717, 1.165) is 12.2 Å². The zero-order valence-electron chi connectivity index (χ0n) is 10.1. The van der Waals surface area contributed by atoms with Gasteiger partial charge in [0.25, 0.3) is 0 Å². The van der Waals surface area contributed by atoms with E-state index in [1.807, 2.05) is 6.92 Å². The zero-order valence-corrected chi connectivity index (χ0v) is 10.9. The van der Waals surface area contributed by atoms with Gasteiger partial charge in [0.2, 0.25) is 5.71 Å². The first-order valence-electron chi connectivity index (χ1n) is 5.61. The van der Waals surface area contributed by atoms with Crippen molar-refractivity contribution in [3.8, 4) is 0 Å². The predicted octanol–water partition coefficient (Wildman–Crippen LogP) is 1.94. The average Bonchev–Trinajstić information content (AvgIpc) is 2.36. The molecule has 1 heterocycles. The molecule has 0 spiro atoms. The molecule has 0 aliphatic carbocycles. The first kappa shape index (κ1) is 13.9. The number of hydrogen-bond donors (Lipinski definition) is 0. The zero-order chi connectivity index (χ0) is 12.5. The summed E-state index contributed by atoms with van der Waals surface area (Å²) < 4.78 is 10.3. The number of nitrogens with zero attached hydrogens (tertiary/aromatic N) is 1. The molecule has 0 atom stereocenters. The molecule has 1 aliphatic heterocycles. The molecule has 1 aliphatic rings. The average molecular weight is 259 g/mol. The van der Waals surface area contributed by atoms with Crippen LogP contribution >= 0.6 is 11.8 Å². The van der Waals surface area contributed by atoms with Crippen molar-refractivity contribution in [2.24, 2.45) is 5.16 Å². The van der Waals surface area contributed by atoms with Crippen molar-refractivity contribution in [1.82, 2.24) is 0 Å². The van der Waals surface area contributed by atoms with Gasteiger partial charge < -0.3 is 14.3 Å². The van der Waals surface area contributed by atoms with Crippen molar-refractivity contribution >= 4 is 23.4 Å². The van der Waals surface area contributed by atoms with Crippen LogP contribution < -0.4 is 0 Å². The Bertz CT molecular complexity index is 315. The summed E-state index contributed by atoms with van der Waals surface area (Å²) in [6.45, 7) is 5.02. The molecule has 0 aromatic heterocycles. The third-order valence-electron chi connectivity index (χ3n) is 1.80. The Balaban J connectivity index is 2.73. The Labute approximate surface area is 105 Å². The van der Waals surface area contributed by atoms with Crippen molar-refractivity contribution in [3.05, 3.63) is 11.2 Å². The molecule has 0 amide bonds. The topological polar surface area (TPSA) is 57.1 Å². The van der Waals surface area contributed by atoms with Gasteiger partial charge in [-0.25, -0.2) is 4.79 Å². The first-order valence-corrected chi connectivity index (χ1v) is 6.66. The van der Waals surface area contributed by atoms with Crippen molar-refractivity contribution in [3.63, 3.8) is 0 Å². The van der Waals surface area contributed by atoms with Crippen LogP contribution in [0.5, 0.6) is 0 Å². The van der Waals surface area contributed by atoms with Gasteiger partial charge in [0.15, 0.2) is 5.76 Å². The summed E-state index contributed by atoms with van der Waals surface area (Å²) in [6, 6.07) is 0. The van der Waals surface area contributed by atoms with Crippen molar-refractivity contribution in [1.29, 1.82) is 0 Å². The van der Waals surface area contributed by atoms with Crippen molar-refractivity contribution in [2.45, 2.75) is 20.3 Å². The lowest BCUT2D eigenvalue weighted by Crippen LogP contribution is -2.23. The molecule has 0 saturated carbocycles. The quantitative estimate of drug-likeness (QED) is 0.316. The minimum atomic E-state index is -0.516. The summed E-state index contributed by atoms with van der Waals surface area (Å²) in [7, 11) is 0. The van der Waals surface area contributed by atoms with E-state index in [4.69, 9.17) is 14.3 Å². The maximum atomic E-state index is 11.7. The fourth-order valence-corrected chi connectivity index (χ4v) is 1.70. The lowest BCUT2D eigenvalue weighted by molar-refractivity contribution is -0.135. The van der Waals surface area contributed by atoms with Gasteiger partial charge in [0.05, 0.1) is 13.2 Å². The molecule has 0 bridgehead atoms. The van der Waals surface area contributed by atoms with Crippen LogP contribution in [-0.2, 0) is 19.1 Å². The van der Waals surface area contributed by atoms with E-state index in [1.54, 1.807) is 24.1 Å². The molecule has 96 valence electrons. The van der Waals surface area contributed by atoms with Gasteiger partial charge in [0.1, 0.15) is 6.61 Å². The summed E-state index contributed by atoms with van der Waals surface area (Å²) in [6.07, 6.45) is 0.828. The number of oxime groups is 1. The van der Waals surface area contributed by atoms with Gasteiger partial charge in [-0.15, -0.1) is 11.8 Å². The second kappa shape index (κ2) is 8.00. The smallest absolute Gasteiger partial charge is 0.364 e. The van der Waals surface area contributed by atoms with Gasteiger partial charge in [-0.05, 0) is 13.3 Å². The third-order valence-corrected chi connectivity index (χ3v) is 2.59. The minimum Gasteiger partial charge on any atom is -0.489 e. The summed E-state index contributed by atoms with van der Waals surface area (Å²) in [5.41, 5.74) is 0.104. The highest BCUT2D eigenvalue weighted by Gasteiger charge is 2.22. The molecule has 1 rings (SSSR count). The van der Waals surface area contributed by atoms with E-state index >= 15 is 0 Å². The highest BCUT2D eigenvalue weighted by atomic mass is 32.2. The van der Waals surface area contributed by atoms with Crippen molar-refractivity contribution in [2.75, 3.05) is 25.6 Å². The second-order valence-electron chi connectivity index (χ2n) is 3.19. The lowest BCUT2D eigenvalue weighted by atomic mass is 10.3. The van der Waals surface area contributed by atoms with E-state index in [0.29, 0.717) is 25.6 Å². The van der Waals surface area contributed by atoms with Crippen LogP contribution in [0.15, 0.2) is 16.3 Å². The third kappa shape index (κ3) is 4.68. The molecule has 0 aromatic carbocycles. The first-order chi connectivity index (χ1) is 8.29. The molecule has 0 unspecified atom stereocenters. The standard InChI is InChI=1S/C11H17NO4S/c1-3-5-16-12-10(11(13)14-4-2)9-8-17-7-6-15-9/h8H,3-7H2,1-2H3. The van der Waals surface area contributed by atoms with Crippen LogP contribution in [0.4, 0.5) is 0 Å². The summed E-state index contributed by atoms with van der Waals surface area (Å²) in [5.74, 6) is 0.781. The number of carbonyl (C=O) groups is 1. The van der Waals surface area contributed by atoms with Crippen molar-refractivity contribution < 1.29 is 19.1 Å². The molecule has 0 saturated heterocycles. The van der Waals surface area contributed by atoms with E-state index in [-0.39, 0.29) is 5.71 Å². The Hall–Kier alpha value is -1.17. The van der Waals surface area contributed by atoms with Gasteiger partial charge in [-0.3, -0.25) is 0 Å². The van der Waals surface area contributed by atoms with E-state index in [1.165, 1.54) is 0 Å². The SMILES string of the molecule is CCCON=C(C(=O)OCC)C1=CSCCO1. The molecular weight excluding hydrogens is 242 g/mol. The van der Waals surface area contributed by atoms with Crippen LogP contribution in [-0.4, -0.2) is 37.3 Å². The fraction of sp³-hybridized carbons (Fsp3) is 0.636.